The summed E-state index contributed by atoms with van der Waals surface area (Å²) in [6.45, 7) is 1.97. The Bertz CT molecular complexity index is 1010. The van der Waals surface area contributed by atoms with E-state index in [9.17, 15) is 15.2 Å². The van der Waals surface area contributed by atoms with Crippen molar-refractivity contribution in [2.45, 2.75) is 25.0 Å². The van der Waals surface area contributed by atoms with E-state index in [1.807, 2.05) is 55.5 Å². The third kappa shape index (κ3) is 2.79. The molecule has 1 fully saturated rings. The van der Waals surface area contributed by atoms with Gasteiger partial charge in [-0.1, -0.05) is 48.0 Å². The molecular weight excluding hydrogens is 372 g/mol. The molecule has 2 aliphatic rings. The highest BCUT2D eigenvalue weighted by atomic mass is 32.2. The number of methoxy groups -OCH3 is 1. The summed E-state index contributed by atoms with van der Waals surface area (Å²) in [5, 5.41) is 21.9. The summed E-state index contributed by atoms with van der Waals surface area (Å²) >= 11 is 1.35. The van der Waals surface area contributed by atoms with Crippen LogP contribution >= 0.6 is 11.8 Å². The quantitative estimate of drug-likeness (QED) is 0.863. The van der Waals surface area contributed by atoms with Crippen LogP contribution in [0.5, 0.6) is 5.75 Å². The number of fused-ring (bicyclic) bond motifs is 1. The van der Waals surface area contributed by atoms with Gasteiger partial charge in [-0.05, 0) is 13.0 Å². The number of aliphatic hydroxyl groups is 1. The van der Waals surface area contributed by atoms with E-state index < -0.39 is 5.72 Å². The molecule has 1 amide bonds. The second-order valence-corrected chi connectivity index (χ2v) is 7.99. The number of benzene rings is 2. The lowest BCUT2D eigenvalue weighted by atomic mass is 9.85. The van der Waals surface area contributed by atoms with Crippen molar-refractivity contribution >= 4 is 17.7 Å². The molecule has 2 heterocycles. The van der Waals surface area contributed by atoms with Crippen molar-refractivity contribution in [2.24, 2.45) is 0 Å². The van der Waals surface area contributed by atoms with Crippen molar-refractivity contribution in [3.05, 3.63) is 75.8 Å². The van der Waals surface area contributed by atoms with E-state index >= 15 is 0 Å². The second-order valence-electron chi connectivity index (χ2n) is 7.03. The van der Waals surface area contributed by atoms with Crippen molar-refractivity contribution in [2.75, 3.05) is 12.9 Å². The Morgan fingerprint density at radius 1 is 1.25 bits per heavy atom. The summed E-state index contributed by atoms with van der Waals surface area (Å²) in [6.07, 6.45) is 0.113. The SMILES string of the molecule is COc1ccccc1[C@H]1CC(=O)N2C(=C1C#N)SC[C@@]2(O)c1ccc(C)cc1. The molecule has 142 valence electrons. The van der Waals surface area contributed by atoms with Crippen molar-refractivity contribution in [1.29, 1.82) is 5.26 Å². The van der Waals surface area contributed by atoms with Crippen LogP contribution in [0.2, 0.25) is 0 Å². The van der Waals surface area contributed by atoms with Crippen LogP contribution in [0.15, 0.2) is 59.1 Å². The second kappa shape index (κ2) is 7.01. The maximum absolute atomic E-state index is 13.1. The van der Waals surface area contributed by atoms with E-state index in [0.29, 0.717) is 27.7 Å². The topological polar surface area (TPSA) is 73.6 Å². The highest BCUT2D eigenvalue weighted by Gasteiger charge is 2.52. The van der Waals surface area contributed by atoms with Gasteiger partial charge in [-0.2, -0.15) is 5.26 Å². The summed E-state index contributed by atoms with van der Waals surface area (Å²) in [5.74, 6) is 0.366. The van der Waals surface area contributed by atoms with Gasteiger partial charge in [-0.15, -0.1) is 11.8 Å². The van der Waals surface area contributed by atoms with Gasteiger partial charge in [0.05, 0.1) is 29.5 Å². The van der Waals surface area contributed by atoms with Crippen LogP contribution in [0.4, 0.5) is 0 Å². The minimum atomic E-state index is -1.45. The average molecular weight is 392 g/mol. The Morgan fingerprint density at radius 2 is 1.96 bits per heavy atom. The van der Waals surface area contributed by atoms with E-state index in [1.54, 1.807) is 7.11 Å². The highest BCUT2D eigenvalue weighted by Crippen LogP contribution is 2.52. The van der Waals surface area contributed by atoms with Gasteiger partial charge in [0.2, 0.25) is 5.91 Å². The first kappa shape index (κ1) is 18.6. The lowest BCUT2D eigenvalue weighted by Crippen LogP contribution is -2.48. The Morgan fingerprint density at radius 3 is 2.64 bits per heavy atom. The summed E-state index contributed by atoms with van der Waals surface area (Å²) in [5.41, 5.74) is 1.60. The molecule has 5 nitrogen and oxygen atoms in total. The largest absolute Gasteiger partial charge is 0.496 e. The zero-order valence-corrected chi connectivity index (χ0v) is 16.5. The molecule has 0 spiro atoms. The predicted molar refractivity (Wildman–Crippen MR) is 107 cm³/mol. The Labute approximate surface area is 168 Å². The maximum atomic E-state index is 13.1. The number of para-hydroxylation sites is 1. The molecule has 2 atom stereocenters. The third-order valence-corrected chi connectivity index (χ3v) is 6.56. The molecule has 0 aromatic heterocycles. The number of allylic oxidation sites excluding steroid dienone is 1. The number of hydrogen-bond acceptors (Lipinski definition) is 5. The fourth-order valence-corrected chi connectivity index (χ4v) is 5.24. The molecule has 0 aliphatic carbocycles. The van der Waals surface area contributed by atoms with E-state index in [2.05, 4.69) is 6.07 Å². The molecule has 2 aromatic rings. The zero-order chi connectivity index (χ0) is 19.9. The van der Waals surface area contributed by atoms with Crippen LogP contribution in [-0.4, -0.2) is 28.8 Å². The van der Waals surface area contributed by atoms with Gasteiger partial charge in [-0.25, -0.2) is 0 Å². The molecule has 0 bridgehead atoms. The summed E-state index contributed by atoms with van der Waals surface area (Å²) in [4.78, 5) is 14.6. The maximum Gasteiger partial charge on any atom is 0.231 e. The number of ether oxygens (including phenoxy) is 1. The first-order chi connectivity index (χ1) is 13.5. The fraction of sp³-hybridized carbons (Fsp3) is 0.273. The van der Waals surface area contributed by atoms with E-state index in [0.717, 1.165) is 11.1 Å². The molecule has 1 saturated heterocycles. The van der Waals surface area contributed by atoms with E-state index in [4.69, 9.17) is 4.74 Å². The number of carbonyl (C=O) groups excluding carboxylic acids is 1. The minimum absolute atomic E-state index is 0.113. The van der Waals surface area contributed by atoms with Gasteiger partial charge < -0.3 is 9.84 Å². The Kier molecular flexibility index (Phi) is 4.66. The first-order valence-corrected chi connectivity index (χ1v) is 10.0. The first-order valence-electron chi connectivity index (χ1n) is 9.02. The standard InChI is InChI=1S/C22H20N2O3S/c1-14-7-9-15(10-8-14)22(26)13-28-21-18(12-23)17(11-20(25)24(21)22)16-5-3-4-6-19(16)27-2/h3-10,17,26H,11,13H2,1-2H3/t17-,22-/m1/s1. The molecule has 6 heteroatoms. The van der Waals surface area contributed by atoms with Gasteiger partial charge in [0.1, 0.15) is 5.75 Å². The number of nitriles is 1. The fourth-order valence-electron chi connectivity index (χ4n) is 3.88. The molecular formula is C22H20N2O3S. The third-order valence-electron chi connectivity index (χ3n) is 5.34. The highest BCUT2D eigenvalue weighted by molar-refractivity contribution is 8.03. The van der Waals surface area contributed by atoms with Gasteiger partial charge >= 0.3 is 0 Å². The molecule has 1 N–H and O–H groups in total. The predicted octanol–water partition coefficient (Wildman–Crippen LogP) is 3.65. The normalized spacial score (nSPS) is 24.1. The minimum Gasteiger partial charge on any atom is -0.496 e. The molecule has 28 heavy (non-hydrogen) atoms. The Hall–Kier alpha value is -2.75. The average Bonchev–Trinajstić information content (AvgIpc) is 3.07. The van der Waals surface area contributed by atoms with E-state index in [-0.39, 0.29) is 18.2 Å². The van der Waals surface area contributed by atoms with Crippen molar-refractivity contribution in [1.82, 2.24) is 4.90 Å². The molecule has 0 radical (unpaired) electrons. The van der Waals surface area contributed by atoms with Crippen LogP contribution < -0.4 is 4.74 Å². The number of aryl methyl sites for hydroxylation is 1. The Balaban J connectivity index is 1.82. The lowest BCUT2D eigenvalue weighted by Gasteiger charge is -2.38. The van der Waals surface area contributed by atoms with Gasteiger partial charge in [0.15, 0.2) is 5.72 Å². The van der Waals surface area contributed by atoms with Gasteiger partial charge in [-0.3, -0.25) is 9.69 Å². The number of rotatable bonds is 3. The van der Waals surface area contributed by atoms with Crippen LogP contribution in [0.25, 0.3) is 0 Å². The summed E-state index contributed by atoms with van der Waals surface area (Å²) < 4.78 is 5.45. The van der Waals surface area contributed by atoms with Crippen LogP contribution in [0.3, 0.4) is 0 Å². The van der Waals surface area contributed by atoms with Crippen LogP contribution in [0, 0.1) is 18.3 Å². The number of thioether (sulfide) groups is 1. The van der Waals surface area contributed by atoms with Crippen LogP contribution in [0.1, 0.15) is 29.0 Å². The smallest absolute Gasteiger partial charge is 0.231 e. The molecule has 0 unspecified atom stereocenters. The van der Waals surface area contributed by atoms with Gasteiger partial charge in [0, 0.05) is 23.5 Å². The van der Waals surface area contributed by atoms with Crippen molar-refractivity contribution in [3.63, 3.8) is 0 Å². The molecule has 2 aromatic carbocycles. The van der Waals surface area contributed by atoms with E-state index in [1.165, 1.54) is 16.7 Å². The summed E-state index contributed by atoms with van der Waals surface area (Å²) in [6, 6.07) is 17.2. The number of hydrogen-bond donors (Lipinski definition) is 1. The monoisotopic (exact) mass is 392 g/mol. The molecule has 0 saturated carbocycles. The molecule has 2 aliphatic heterocycles. The summed E-state index contributed by atoms with van der Waals surface area (Å²) in [7, 11) is 1.58. The van der Waals surface area contributed by atoms with Crippen molar-refractivity contribution < 1.29 is 14.6 Å². The number of nitrogens with zero attached hydrogens (tertiary/aromatic N) is 2. The number of amides is 1. The lowest BCUT2D eigenvalue weighted by molar-refractivity contribution is -0.149. The van der Waals surface area contributed by atoms with Crippen molar-refractivity contribution in [3.8, 4) is 11.8 Å². The molecule has 4 rings (SSSR count). The zero-order valence-electron chi connectivity index (χ0n) is 15.7. The number of carbonyl (C=O) groups is 1. The van der Waals surface area contributed by atoms with Gasteiger partial charge in [0.25, 0.3) is 0 Å². The van der Waals surface area contributed by atoms with Crippen LogP contribution in [-0.2, 0) is 10.5 Å².